The fourth-order valence-electron chi connectivity index (χ4n) is 11.1. The van der Waals surface area contributed by atoms with Crippen LogP contribution in [0.1, 0.15) is 219 Å². The lowest BCUT2D eigenvalue weighted by molar-refractivity contribution is 0.00412. The van der Waals surface area contributed by atoms with Crippen LogP contribution in [0.5, 0.6) is 34.5 Å². The molecule has 3 aliphatic carbocycles. The highest BCUT2D eigenvalue weighted by Crippen LogP contribution is 2.54. The number of aliphatic hydroxyl groups is 3. The van der Waals surface area contributed by atoms with Crippen LogP contribution in [0.2, 0.25) is 0 Å². The van der Waals surface area contributed by atoms with Crippen molar-refractivity contribution >= 4 is 0 Å². The lowest BCUT2D eigenvalue weighted by Crippen LogP contribution is -2.45. The van der Waals surface area contributed by atoms with Gasteiger partial charge in [-0.25, -0.2) is 0 Å². The van der Waals surface area contributed by atoms with Gasteiger partial charge in [0.05, 0.1) is 16.8 Å². The highest BCUT2D eigenvalue weighted by molar-refractivity contribution is 5.54. The third-order valence-electron chi connectivity index (χ3n) is 15.4. The summed E-state index contributed by atoms with van der Waals surface area (Å²) < 4.78 is 6.36. The maximum absolute atomic E-state index is 10.7. The molecule has 3 aromatic rings. The standard InChI is InChI=1S/C21H32O3.C21H30O2.C11H16O2.C10H18O2/c1-5-6-7-8-15-12-18(22)20(19(23)13-15)16-11-14(2)9-10-17(16)21(3,4)24;1-5-6-7-8-15-12-18(22)20-16-11-14(2)9-10-17(16)21(3,4)23-19(20)13-15;1-2-3-4-5-9-6-10(12)8-11(13)7-9;1-9(2,11)8-4-6-10(3,12)7-5-8/h11-13,16-17,22-24H,5-10H2,1-4H3;11-13,16-17,22H,5-10H2,1-4H3;6-8,12-13H,2-5H2,1H3;4,6,8,11-12H,5,7H2,1-3H3/t16-,17-;16?,17-;;8-,10-/m11.0/s1. The number of phenolic OH excluding ortho intramolecular Hbond substituents is 5. The number of hydrogen-bond acceptors (Lipinski definition) is 9. The molecule has 0 saturated heterocycles. The molecule has 1 aliphatic heterocycles. The summed E-state index contributed by atoms with van der Waals surface area (Å²) in [6.07, 6.45) is 27.1. The van der Waals surface area contributed by atoms with Crippen molar-refractivity contribution in [2.24, 2.45) is 17.8 Å². The Labute approximate surface area is 434 Å². The third-order valence-corrected chi connectivity index (χ3v) is 15.4. The molecule has 3 aromatic carbocycles. The predicted molar refractivity (Wildman–Crippen MR) is 296 cm³/mol. The molecule has 0 spiro atoms. The second-order valence-electron chi connectivity index (χ2n) is 23.5. The smallest absolute Gasteiger partial charge is 0.127 e. The van der Waals surface area contributed by atoms with Crippen LogP contribution in [0.15, 0.2) is 77.9 Å². The highest BCUT2D eigenvalue weighted by Gasteiger charge is 2.45. The Morgan fingerprint density at radius 3 is 1.49 bits per heavy atom. The molecule has 9 nitrogen and oxygen atoms in total. The van der Waals surface area contributed by atoms with E-state index in [1.807, 2.05) is 39.8 Å². The van der Waals surface area contributed by atoms with Gasteiger partial charge in [-0.15, -0.1) is 0 Å². The van der Waals surface area contributed by atoms with E-state index in [1.165, 1.54) is 54.9 Å². The van der Waals surface area contributed by atoms with Crippen LogP contribution in [-0.4, -0.2) is 63.3 Å². The van der Waals surface area contributed by atoms with Gasteiger partial charge in [0.2, 0.25) is 0 Å². The van der Waals surface area contributed by atoms with Crippen LogP contribution < -0.4 is 4.74 Å². The number of fused-ring (bicyclic) bond motifs is 3. The monoisotopic (exact) mass is 997 g/mol. The van der Waals surface area contributed by atoms with E-state index < -0.39 is 16.8 Å². The van der Waals surface area contributed by atoms with E-state index in [4.69, 9.17) is 4.74 Å². The minimum Gasteiger partial charge on any atom is -0.508 e. The summed E-state index contributed by atoms with van der Waals surface area (Å²) >= 11 is 0. The van der Waals surface area contributed by atoms with E-state index in [1.54, 1.807) is 37.3 Å². The SMILES string of the molecule is CC(C)(O)[C@H]1C=C[C@](C)(O)CC1.CCCCCc1cc(O)c([C@@H]2C=C(C)CC[C@H]2C(C)(C)O)c(O)c1.CCCCCc1cc(O)c2c(c1)OC(C)(C)[C@@H]1CCC(C)=CC21.CCCCCc1cc(O)cc(O)c1. The predicted octanol–water partition coefficient (Wildman–Crippen LogP) is 15.1. The molecule has 0 fully saturated rings. The molecule has 0 saturated carbocycles. The quantitative estimate of drug-likeness (QED) is 0.0545. The summed E-state index contributed by atoms with van der Waals surface area (Å²) in [6, 6.07) is 12.5. The summed E-state index contributed by atoms with van der Waals surface area (Å²) in [5, 5.41) is 80.0. The number of hydrogen-bond donors (Lipinski definition) is 8. The molecular weight excluding hydrogens is 901 g/mol. The number of aromatic hydroxyl groups is 5. The summed E-state index contributed by atoms with van der Waals surface area (Å²) in [5.41, 5.74) is 5.05. The van der Waals surface area contributed by atoms with Crippen LogP contribution in [-0.2, 0) is 19.3 Å². The molecular formula is C63H96O9. The zero-order chi connectivity index (χ0) is 53.6. The van der Waals surface area contributed by atoms with E-state index in [-0.39, 0.29) is 52.3 Å². The van der Waals surface area contributed by atoms with E-state index in [0.29, 0.717) is 17.2 Å². The zero-order valence-electron chi connectivity index (χ0n) is 46.5. The van der Waals surface area contributed by atoms with Gasteiger partial charge in [-0.2, -0.15) is 0 Å². The molecule has 1 heterocycles. The van der Waals surface area contributed by atoms with Crippen molar-refractivity contribution < 1.29 is 45.6 Å². The van der Waals surface area contributed by atoms with Gasteiger partial charge < -0.3 is 45.6 Å². The lowest BCUT2D eigenvalue weighted by Gasteiger charge is -2.46. The van der Waals surface area contributed by atoms with Gasteiger partial charge in [0.1, 0.15) is 40.1 Å². The van der Waals surface area contributed by atoms with Crippen molar-refractivity contribution in [3.8, 4) is 34.5 Å². The zero-order valence-corrected chi connectivity index (χ0v) is 46.5. The molecule has 0 amide bonds. The first-order chi connectivity index (χ1) is 33.7. The van der Waals surface area contributed by atoms with Crippen molar-refractivity contribution in [3.05, 3.63) is 106 Å². The van der Waals surface area contributed by atoms with E-state index in [2.05, 4.69) is 66.7 Å². The molecule has 6 atom stereocenters. The number of aryl methyl sites for hydroxylation is 3. The molecule has 1 unspecified atom stereocenters. The van der Waals surface area contributed by atoms with Crippen LogP contribution in [0.4, 0.5) is 0 Å². The second kappa shape index (κ2) is 26.7. The van der Waals surface area contributed by atoms with E-state index in [9.17, 15) is 40.9 Å². The van der Waals surface area contributed by atoms with Gasteiger partial charge in [-0.1, -0.05) is 94.7 Å². The Hall–Kier alpha value is -4.44. The van der Waals surface area contributed by atoms with E-state index in [0.717, 1.165) is 106 Å². The summed E-state index contributed by atoms with van der Waals surface area (Å²) in [7, 11) is 0. The van der Waals surface area contributed by atoms with Gasteiger partial charge >= 0.3 is 0 Å². The minimum absolute atomic E-state index is 0.0241. The molecule has 7 rings (SSSR count). The van der Waals surface area contributed by atoms with Gasteiger partial charge in [0.15, 0.2) is 0 Å². The number of ether oxygens (including phenoxy) is 1. The largest absolute Gasteiger partial charge is 0.508 e. The first-order valence-corrected chi connectivity index (χ1v) is 27.5. The molecule has 0 radical (unpaired) electrons. The summed E-state index contributed by atoms with van der Waals surface area (Å²) in [6.45, 7) is 24.2. The van der Waals surface area contributed by atoms with Crippen molar-refractivity contribution in [1.82, 2.24) is 0 Å². The Morgan fingerprint density at radius 2 is 1.03 bits per heavy atom. The Morgan fingerprint density at radius 1 is 0.569 bits per heavy atom. The van der Waals surface area contributed by atoms with Gasteiger partial charge in [-0.3, -0.25) is 0 Å². The molecule has 0 bridgehead atoms. The molecule has 0 aromatic heterocycles. The Bertz CT molecular complexity index is 2230. The topological polar surface area (TPSA) is 171 Å². The molecule has 402 valence electrons. The van der Waals surface area contributed by atoms with Crippen LogP contribution in [0, 0.1) is 17.8 Å². The van der Waals surface area contributed by atoms with Crippen molar-refractivity contribution in [2.75, 3.05) is 0 Å². The Balaban J connectivity index is 0.000000218. The fourth-order valence-corrected chi connectivity index (χ4v) is 11.1. The van der Waals surface area contributed by atoms with Gasteiger partial charge in [0, 0.05) is 40.9 Å². The number of benzene rings is 3. The van der Waals surface area contributed by atoms with Crippen LogP contribution >= 0.6 is 0 Å². The Kier molecular flexibility index (Phi) is 22.3. The average molecular weight is 997 g/mol. The number of phenols is 5. The van der Waals surface area contributed by atoms with Crippen LogP contribution in [0.25, 0.3) is 0 Å². The maximum Gasteiger partial charge on any atom is 0.127 e. The molecule has 9 heteroatoms. The summed E-state index contributed by atoms with van der Waals surface area (Å²) in [5.74, 6) is 2.61. The highest BCUT2D eigenvalue weighted by atomic mass is 16.5. The van der Waals surface area contributed by atoms with Crippen molar-refractivity contribution in [1.29, 1.82) is 0 Å². The van der Waals surface area contributed by atoms with Crippen molar-refractivity contribution in [3.63, 3.8) is 0 Å². The second-order valence-corrected chi connectivity index (χ2v) is 23.5. The van der Waals surface area contributed by atoms with Gasteiger partial charge in [0.25, 0.3) is 0 Å². The average Bonchev–Trinajstić information content (AvgIpc) is 3.25. The minimum atomic E-state index is -0.861. The molecule has 72 heavy (non-hydrogen) atoms. The number of allylic oxidation sites excluding steroid dienone is 4. The van der Waals surface area contributed by atoms with Gasteiger partial charge in [-0.05, 0) is 198 Å². The number of unbranched alkanes of at least 4 members (excludes halogenated alkanes) is 6. The fraction of sp³-hybridized carbons (Fsp3) is 0.619. The summed E-state index contributed by atoms with van der Waals surface area (Å²) in [4.78, 5) is 0. The maximum atomic E-state index is 10.7. The normalized spacial score (nSPS) is 23.2. The number of rotatable bonds is 15. The first-order valence-electron chi connectivity index (χ1n) is 27.5. The van der Waals surface area contributed by atoms with E-state index >= 15 is 0 Å². The molecule has 8 N–H and O–H groups in total. The van der Waals surface area contributed by atoms with Crippen LogP contribution in [0.3, 0.4) is 0 Å². The molecule has 4 aliphatic rings. The van der Waals surface area contributed by atoms with Crippen molar-refractivity contribution in [2.45, 2.75) is 233 Å². The first kappa shape index (κ1) is 60.1. The third kappa shape index (κ3) is 17.9. The lowest BCUT2D eigenvalue weighted by atomic mass is 9.68.